The minimum Gasteiger partial charge on any atom is -0.366 e. The molecule has 0 aliphatic carbocycles. The smallest absolute Gasteiger partial charge is 0.0613 e. The molecule has 0 N–H and O–H groups in total. The number of hydrogen-bond donors (Lipinski definition) is 0. The van der Waals surface area contributed by atoms with Crippen LogP contribution in [0.3, 0.4) is 0 Å². The average molecular weight is 152 g/mol. The van der Waals surface area contributed by atoms with E-state index in [-0.39, 0.29) is 0 Å². The van der Waals surface area contributed by atoms with Crippen LogP contribution in [-0.4, -0.2) is 23.7 Å². The van der Waals surface area contributed by atoms with Crippen LogP contribution in [0.4, 0.5) is 0 Å². The molecule has 0 aromatic rings. The van der Waals surface area contributed by atoms with E-state index >= 15 is 0 Å². The molecule has 1 aliphatic heterocycles. The van der Waals surface area contributed by atoms with E-state index in [9.17, 15) is 0 Å². The first-order valence-electron chi connectivity index (χ1n) is 4.15. The van der Waals surface area contributed by atoms with Gasteiger partial charge in [-0.1, -0.05) is 0 Å². The zero-order valence-corrected chi connectivity index (χ0v) is 7.76. The van der Waals surface area contributed by atoms with E-state index < -0.39 is 0 Å². The highest BCUT2D eigenvalue weighted by molar-refractivity contribution is 5.67. The van der Waals surface area contributed by atoms with Crippen molar-refractivity contribution in [3.05, 3.63) is 11.4 Å². The lowest BCUT2D eigenvalue weighted by Gasteiger charge is -2.31. The molecule has 1 heterocycles. The van der Waals surface area contributed by atoms with E-state index in [1.54, 1.807) is 0 Å². The van der Waals surface area contributed by atoms with Crippen molar-refractivity contribution in [2.45, 2.75) is 33.7 Å². The number of hydrogen-bond acceptors (Lipinski definition) is 2. The first kappa shape index (κ1) is 8.31. The fourth-order valence-corrected chi connectivity index (χ4v) is 1.43. The van der Waals surface area contributed by atoms with Crippen molar-refractivity contribution in [2.75, 3.05) is 6.54 Å². The molecule has 0 bridgehead atoms. The van der Waals surface area contributed by atoms with Gasteiger partial charge in [-0.2, -0.15) is 0 Å². The largest absolute Gasteiger partial charge is 0.366 e. The second-order valence-electron chi connectivity index (χ2n) is 2.98. The maximum absolute atomic E-state index is 4.30. The highest BCUT2D eigenvalue weighted by Crippen LogP contribution is 2.17. The standard InChI is InChI=1S/C9H16N2/c1-5-11-7(2)6-10-8(3)9(11)4/h6-7H,5H2,1-4H3. The van der Waals surface area contributed by atoms with Crippen molar-refractivity contribution in [3.8, 4) is 0 Å². The Balaban J connectivity index is 2.87. The van der Waals surface area contributed by atoms with Crippen LogP contribution in [0.2, 0.25) is 0 Å². The second-order valence-corrected chi connectivity index (χ2v) is 2.98. The Kier molecular flexibility index (Phi) is 2.32. The van der Waals surface area contributed by atoms with Crippen LogP contribution >= 0.6 is 0 Å². The summed E-state index contributed by atoms with van der Waals surface area (Å²) < 4.78 is 0. The summed E-state index contributed by atoms with van der Waals surface area (Å²) in [5.41, 5.74) is 2.45. The van der Waals surface area contributed by atoms with Crippen LogP contribution in [0.15, 0.2) is 16.4 Å². The summed E-state index contributed by atoms with van der Waals surface area (Å²) in [4.78, 5) is 6.65. The average Bonchev–Trinajstić information content (AvgIpc) is 1.99. The topological polar surface area (TPSA) is 15.6 Å². The molecule has 0 saturated carbocycles. The minimum atomic E-state index is 0.462. The van der Waals surface area contributed by atoms with E-state index in [1.807, 2.05) is 6.21 Å². The molecule has 1 aliphatic rings. The van der Waals surface area contributed by atoms with Gasteiger partial charge in [0, 0.05) is 18.5 Å². The van der Waals surface area contributed by atoms with Crippen molar-refractivity contribution >= 4 is 6.21 Å². The van der Waals surface area contributed by atoms with Crippen LogP contribution in [0.1, 0.15) is 27.7 Å². The molecule has 2 heteroatoms. The van der Waals surface area contributed by atoms with Crippen LogP contribution in [0.5, 0.6) is 0 Å². The molecule has 11 heavy (non-hydrogen) atoms. The summed E-state index contributed by atoms with van der Waals surface area (Å²) >= 11 is 0. The molecule has 0 aromatic carbocycles. The maximum atomic E-state index is 4.30. The summed E-state index contributed by atoms with van der Waals surface area (Å²) in [6, 6.07) is 0.462. The maximum Gasteiger partial charge on any atom is 0.0613 e. The van der Waals surface area contributed by atoms with Gasteiger partial charge in [0.1, 0.15) is 0 Å². The fraction of sp³-hybridized carbons (Fsp3) is 0.667. The predicted molar refractivity (Wildman–Crippen MR) is 48.7 cm³/mol. The van der Waals surface area contributed by atoms with Gasteiger partial charge in [-0.15, -0.1) is 0 Å². The summed E-state index contributed by atoms with van der Waals surface area (Å²) in [5, 5.41) is 0. The van der Waals surface area contributed by atoms with Crippen molar-refractivity contribution in [2.24, 2.45) is 4.99 Å². The molecule has 1 atom stereocenters. The van der Waals surface area contributed by atoms with Crippen molar-refractivity contribution in [3.63, 3.8) is 0 Å². The van der Waals surface area contributed by atoms with Gasteiger partial charge >= 0.3 is 0 Å². The van der Waals surface area contributed by atoms with E-state index in [2.05, 4.69) is 37.6 Å². The highest BCUT2D eigenvalue weighted by Gasteiger charge is 2.15. The molecule has 0 amide bonds. The third kappa shape index (κ3) is 1.44. The van der Waals surface area contributed by atoms with Gasteiger partial charge in [0.05, 0.1) is 11.7 Å². The molecule has 0 aromatic heterocycles. The third-order valence-electron chi connectivity index (χ3n) is 2.27. The summed E-state index contributed by atoms with van der Waals surface area (Å²) in [7, 11) is 0. The molecule has 2 nitrogen and oxygen atoms in total. The van der Waals surface area contributed by atoms with Crippen molar-refractivity contribution < 1.29 is 0 Å². The molecule has 0 radical (unpaired) electrons. The Hall–Kier alpha value is -0.790. The Morgan fingerprint density at radius 2 is 2.18 bits per heavy atom. The molecule has 62 valence electrons. The van der Waals surface area contributed by atoms with Gasteiger partial charge in [0.15, 0.2) is 0 Å². The summed E-state index contributed by atoms with van der Waals surface area (Å²) in [6.07, 6.45) is 2.01. The fourth-order valence-electron chi connectivity index (χ4n) is 1.43. The predicted octanol–water partition coefficient (Wildman–Crippen LogP) is 2.03. The Labute approximate surface area is 68.6 Å². The van der Waals surface area contributed by atoms with E-state index in [1.165, 1.54) is 5.70 Å². The van der Waals surface area contributed by atoms with Crippen LogP contribution in [-0.2, 0) is 0 Å². The van der Waals surface area contributed by atoms with Gasteiger partial charge in [0.2, 0.25) is 0 Å². The lowest BCUT2D eigenvalue weighted by Crippen LogP contribution is -2.35. The van der Waals surface area contributed by atoms with E-state index in [0.29, 0.717) is 6.04 Å². The molecule has 1 rings (SSSR count). The van der Waals surface area contributed by atoms with E-state index in [4.69, 9.17) is 0 Å². The van der Waals surface area contributed by atoms with Crippen molar-refractivity contribution in [1.82, 2.24) is 4.90 Å². The first-order chi connectivity index (χ1) is 5.16. The minimum absolute atomic E-state index is 0.462. The molecular formula is C9H16N2. The van der Waals surface area contributed by atoms with E-state index in [0.717, 1.165) is 12.2 Å². The third-order valence-corrected chi connectivity index (χ3v) is 2.27. The van der Waals surface area contributed by atoms with Gasteiger partial charge in [0.25, 0.3) is 0 Å². The second kappa shape index (κ2) is 3.07. The number of aliphatic imine (C=N–C) groups is 1. The van der Waals surface area contributed by atoms with Crippen LogP contribution < -0.4 is 0 Å². The quantitative estimate of drug-likeness (QED) is 0.561. The molecule has 0 saturated heterocycles. The molecular weight excluding hydrogens is 136 g/mol. The Morgan fingerprint density at radius 3 is 2.64 bits per heavy atom. The SMILES string of the molecule is CCN1C(C)=C(C)N=CC1C. The lowest BCUT2D eigenvalue weighted by atomic mass is 10.2. The monoisotopic (exact) mass is 152 g/mol. The van der Waals surface area contributed by atoms with Gasteiger partial charge < -0.3 is 4.90 Å². The summed E-state index contributed by atoms with van der Waals surface area (Å²) in [5.74, 6) is 0. The zero-order chi connectivity index (χ0) is 8.43. The van der Waals surface area contributed by atoms with Crippen LogP contribution in [0.25, 0.3) is 0 Å². The Bertz CT molecular complexity index is 204. The molecule has 1 unspecified atom stereocenters. The van der Waals surface area contributed by atoms with Crippen LogP contribution in [0, 0.1) is 0 Å². The first-order valence-corrected chi connectivity index (χ1v) is 4.15. The number of allylic oxidation sites excluding steroid dienone is 2. The van der Waals surface area contributed by atoms with Gasteiger partial charge in [-0.05, 0) is 27.7 Å². The normalized spacial score (nSPS) is 24.7. The van der Waals surface area contributed by atoms with Gasteiger partial charge in [-0.25, -0.2) is 0 Å². The van der Waals surface area contributed by atoms with Gasteiger partial charge in [-0.3, -0.25) is 4.99 Å². The highest BCUT2D eigenvalue weighted by atomic mass is 15.2. The number of rotatable bonds is 1. The number of nitrogens with zero attached hydrogens (tertiary/aromatic N) is 2. The Morgan fingerprint density at radius 1 is 1.55 bits per heavy atom. The van der Waals surface area contributed by atoms with Crippen molar-refractivity contribution in [1.29, 1.82) is 0 Å². The molecule has 0 spiro atoms. The summed E-state index contributed by atoms with van der Waals surface area (Å²) in [6.45, 7) is 9.60. The lowest BCUT2D eigenvalue weighted by molar-refractivity contribution is 0.333. The molecule has 0 fully saturated rings. The zero-order valence-electron chi connectivity index (χ0n) is 7.76.